The standard InChI is InChI=1S/C11H12BrN3O3S2/c1-6-9(12)3-8(5-16)4-10(6)20(17,18)15-11-14-13-7(2)19-11/h3-4,16H,5H2,1-2H3,(H,14,15). The van der Waals surface area contributed by atoms with Gasteiger partial charge in [-0.3, -0.25) is 4.72 Å². The number of aromatic nitrogens is 2. The lowest BCUT2D eigenvalue weighted by Gasteiger charge is -2.11. The van der Waals surface area contributed by atoms with Gasteiger partial charge in [-0.2, -0.15) is 0 Å². The highest BCUT2D eigenvalue weighted by atomic mass is 79.9. The number of benzene rings is 1. The number of rotatable bonds is 4. The number of nitrogens with one attached hydrogen (secondary N) is 1. The first kappa shape index (κ1) is 15.4. The third-order valence-electron chi connectivity index (χ3n) is 2.58. The summed E-state index contributed by atoms with van der Waals surface area (Å²) < 4.78 is 27.8. The third kappa shape index (κ3) is 3.17. The zero-order valence-corrected chi connectivity index (χ0v) is 13.9. The quantitative estimate of drug-likeness (QED) is 0.851. The lowest BCUT2D eigenvalue weighted by molar-refractivity contribution is 0.281. The van der Waals surface area contributed by atoms with Gasteiger partial charge in [0.25, 0.3) is 10.0 Å². The van der Waals surface area contributed by atoms with Gasteiger partial charge < -0.3 is 5.11 Å². The Labute approximate surface area is 129 Å². The van der Waals surface area contributed by atoms with Crippen molar-refractivity contribution in [1.29, 1.82) is 0 Å². The summed E-state index contributed by atoms with van der Waals surface area (Å²) in [5, 5.41) is 17.6. The van der Waals surface area contributed by atoms with E-state index in [0.29, 0.717) is 20.6 Å². The second-order valence-electron chi connectivity index (χ2n) is 4.09. The van der Waals surface area contributed by atoms with Crippen LogP contribution in [0.25, 0.3) is 0 Å². The van der Waals surface area contributed by atoms with Crippen LogP contribution in [0.5, 0.6) is 0 Å². The molecule has 2 N–H and O–H groups in total. The highest BCUT2D eigenvalue weighted by molar-refractivity contribution is 9.10. The Balaban J connectivity index is 2.46. The SMILES string of the molecule is Cc1nnc(NS(=O)(=O)c2cc(CO)cc(Br)c2C)s1. The first-order valence-corrected chi connectivity index (χ1v) is 8.65. The van der Waals surface area contributed by atoms with Crippen molar-refractivity contribution in [2.45, 2.75) is 25.3 Å². The number of halogens is 1. The molecule has 2 rings (SSSR count). The van der Waals surface area contributed by atoms with Gasteiger partial charge in [0.15, 0.2) is 0 Å². The zero-order valence-electron chi connectivity index (χ0n) is 10.7. The van der Waals surface area contributed by atoms with E-state index in [0.717, 1.165) is 11.3 Å². The van der Waals surface area contributed by atoms with Crippen LogP contribution >= 0.6 is 27.3 Å². The molecule has 0 fully saturated rings. The minimum absolute atomic E-state index is 0.101. The van der Waals surface area contributed by atoms with Gasteiger partial charge in [-0.15, -0.1) is 10.2 Å². The number of aliphatic hydroxyl groups excluding tert-OH is 1. The van der Waals surface area contributed by atoms with Gasteiger partial charge in [0.2, 0.25) is 5.13 Å². The first-order valence-electron chi connectivity index (χ1n) is 5.56. The Morgan fingerprint density at radius 3 is 2.60 bits per heavy atom. The van der Waals surface area contributed by atoms with Crippen LogP contribution in [0.1, 0.15) is 16.1 Å². The van der Waals surface area contributed by atoms with Crippen LogP contribution in [0, 0.1) is 13.8 Å². The van der Waals surface area contributed by atoms with Crippen LogP contribution in [0.15, 0.2) is 21.5 Å². The van der Waals surface area contributed by atoms with Crippen molar-refractivity contribution in [1.82, 2.24) is 10.2 Å². The van der Waals surface area contributed by atoms with Crippen LogP contribution in [0.3, 0.4) is 0 Å². The molecule has 0 aliphatic rings. The minimum atomic E-state index is -3.77. The van der Waals surface area contributed by atoms with Crippen molar-refractivity contribution in [2.75, 3.05) is 4.72 Å². The summed E-state index contributed by atoms with van der Waals surface area (Å²) in [4.78, 5) is 0.101. The molecule has 1 aromatic heterocycles. The van der Waals surface area contributed by atoms with Crippen LogP contribution in [-0.4, -0.2) is 23.7 Å². The summed E-state index contributed by atoms with van der Waals surface area (Å²) in [6.07, 6.45) is 0. The van der Waals surface area contributed by atoms with E-state index in [1.165, 1.54) is 6.07 Å². The Morgan fingerprint density at radius 1 is 1.35 bits per heavy atom. The topological polar surface area (TPSA) is 92.2 Å². The van der Waals surface area contributed by atoms with Crippen molar-refractivity contribution in [2.24, 2.45) is 0 Å². The molecule has 1 aromatic carbocycles. The largest absolute Gasteiger partial charge is 0.392 e. The number of sulfonamides is 1. The molecule has 0 saturated heterocycles. The molecule has 0 radical (unpaired) electrons. The summed E-state index contributed by atoms with van der Waals surface area (Å²) >= 11 is 4.45. The van der Waals surface area contributed by atoms with Gasteiger partial charge in [0.05, 0.1) is 11.5 Å². The van der Waals surface area contributed by atoms with E-state index in [2.05, 4.69) is 30.8 Å². The van der Waals surface area contributed by atoms with Crippen LogP contribution < -0.4 is 4.72 Å². The van der Waals surface area contributed by atoms with Crippen molar-refractivity contribution < 1.29 is 13.5 Å². The average molecular weight is 378 g/mol. The monoisotopic (exact) mass is 377 g/mol. The predicted octanol–water partition coefficient (Wildman–Crippen LogP) is 2.21. The molecule has 108 valence electrons. The van der Waals surface area contributed by atoms with Gasteiger partial charge in [0, 0.05) is 4.47 Å². The van der Waals surface area contributed by atoms with Gasteiger partial charge >= 0.3 is 0 Å². The van der Waals surface area contributed by atoms with Crippen LogP contribution in [0.2, 0.25) is 0 Å². The number of hydrogen-bond acceptors (Lipinski definition) is 6. The fourth-order valence-electron chi connectivity index (χ4n) is 1.59. The van der Waals surface area contributed by atoms with Crippen LogP contribution in [-0.2, 0) is 16.6 Å². The highest BCUT2D eigenvalue weighted by Gasteiger charge is 2.21. The Kier molecular flexibility index (Phi) is 4.43. The minimum Gasteiger partial charge on any atom is -0.392 e. The maximum Gasteiger partial charge on any atom is 0.264 e. The number of hydrogen-bond donors (Lipinski definition) is 2. The average Bonchev–Trinajstić information content (AvgIpc) is 2.76. The molecule has 0 unspecified atom stereocenters. The smallest absolute Gasteiger partial charge is 0.264 e. The van der Waals surface area contributed by atoms with Gasteiger partial charge in [-0.05, 0) is 37.1 Å². The van der Waals surface area contributed by atoms with E-state index in [1.807, 2.05) is 0 Å². The molecule has 0 spiro atoms. The summed E-state index contributed by atoms with van der Waals surface area (Å²) in [5.41, 5.74) is 1.08. The molecule has 9 heteroatoms. The van der Waals surface area contributed by atoms with Crippen molar-refractivity contribution in [3.05, 3.63) is 32.7 Å². The molecule has 0 bridgehead atoms. The van der Waals surface area contributed by atoms with Crippen molar-refractivity contribution >= 4 is 42.4 Å². The van der Waals surface area contributed by atoms with E-state index in [9.17, 15) is 13.5 Å². The van der Waals surface area contributed by atoms with Crippen molar-refractivity contribution in [3.63, 3.8) is 0 Å². The number of aliphatic hydroxyl groups is 1. The molecule has 6 nitrogen and oxygen atoms in total. The van der Waals surface area contributed by atoms with Gasteiger partial charge in [-0.1, -0.05) is 27.3 Å². The zero-order chi connectivity index (χ0) is 14.9. The summed E-state index contributed by atoms with van der Waals surface area (Å²) in [7, 11) is -3.77. The lowest BCUT2D eigenvalue weighted by atomic mass is 10.2. The fraction of sp³-hybridized carbons (Fsp3) is 0.273. The number of nitrogens with zero attached hydrogens (tertiary/aromatic N) is 2. The third-order valence-corrected chi connectivity index (χ3v) is 5.75. The number of aryl methyl sites for hydroxylation is 1. The van der Waals surface area contributed by atoms with Crippen molar-refractivity contribution in [3.8, 4) is 0 Å². The molecular formula is C11H12BrN3O3S2. The number of anilines is 1. The Bertz CT molecular complexity index is 743. The van der Waals surface area contributed by atoms with E-state index in [1.54, 1.807) is 19.9 Å². The second kappa shape index (κ2) is 5.76. The maximum absolute atomic E-state index is 12.4. The predicted molar refractivity (Wildman–Crippen MR) is 80.3 cm³/mol. The molecule has 0 aliphatic carbocycles. The second-order valence-corrected chi connectivity index (χ2v) is 7.78. The normalized spacial score (nSPS) is 11.6. The van der Waals surface area contributed by atoms with Gasteiger partial charge in [0.1, 0.15) is 5.01 Å². The molecular weight excluding hydrogens is 366 g/mol. The van der Waals surface area contributed by atoms with E-state index in [-0.39, 0.29) is 16.6 Å². The lowest BCUT2D eigenvalue weighted by Crippen LogP contribution is -2.15. The Hall–Kier alpha value is -1.03. The fourth-order valence-corrected chi connectivity index (χ4v) is 4.36. The molecule has 0 aliphatic heterocycles. The van der Waals surface area contributed by atoms with E-state index in [4.69, 9.17) is 0 Å². The summed E-state index contributed by atoms with van der Waals surface area (Å²) in [5.74, 6) is 0. The van der Waals surface area contributed by atoms with E-state index < -0.39 is 10.0 Å². The molecule has 0 atom stereocenters. The molecule has 20 heavy (non-hydrogen) atoms. The summed E-state index contributed by atoms with van der Waals surface area (Å²) in [6, 6.07) is 3.12. The Morgan fingerprint density at radius 2 is 2.05 bits per heavy atom. The molecule has 0 saturated carbocycles. The molecule has 1 heterocycles. The van der Waals surface area contributed by atoms with E-state index >= 15 is 0 Å². The maximum atomic E-state index is 12.4. The van der Waals surface area contributed by atoms with Gasteiger partial charge in [-0.25, -0.2) is 8.42 Å². The highest BCUT2D eigenvalue weighted by Crippen LogP contribution is 2.28. The molecule has 2 aromatic rings. The first-order chi connectivity index (χ1) is 9.33. The summed E-state index contributed by atoms with van der Waals surface area (Å²) in [6.45, 7) is 3.19. The van der Waals surface area contributed by atoms with Crippen LogP contribution in [0.4, 0.5) is 5.13 Å². The molecule has 0 amide bonds.